The number of aromatic nitrogens is 3. The van der Waals surface area contributed by atoms with Crippen LogP contribution in [0.2, 0.25) is 0 Å². The standard InChI is InChI=1S/C29H27BrFN5O.2C2HF3O2/c1-3-17-13-22(26(31)25(14-17)37-4-2)27(29-34-16-24(36-29)21-7-5-6-8-23(21)30)35-19-9-10-20-18(15-19)11-12-33-28(20)32;2*3-2(4,5)1(6)7/h5-16,27,35H,3-4H2,1-2H3,(H2,32,33)(H,34,36);2*(H,6,7). The van der Waals surface area contributed by atoms with Gasteiger partial charge < -0.3 is 31.0 Å². The van der Waals surface area contributed by atoms with Gasteiger partial charge in [-0.25, -0.2) is 23.9 Å². The van der Waals surface area contributed by atoms with Crippen molar-refractivity contribution in [1.82, 2.24) is 15.0 Å². The van der Waals surface area contributed by atoms with Crippen molar-refractivity contribution in [2.24, 2.45) is 0 Å². The Morgan fingerprint density at radius 1 is 0.980 bits per heavy atom. The number of anilines is 2. The molecule has 2 aromatic heterocycles. The van der Waals surface area contributed by atoms with Crippen molar-refractivity contribution in [2.45, 2.75) is 38.7 Å². The highest BCUT2D eigenvalue weighted by molar-refractivity contribution is 9.10. The van der Waals surface area contributed by atoms with Gasteiger partial charge >= 0.3 is 24.3 Å². The fraction of sp³-hybridized carbons (Fsp3) is 0.212. The van der Waals surface area contributed by atoms with Crippen LogP contribution in [0.1, 0.15) is 36.8 Å². The molecule has 0 aliphatic carbocycles. The highest BCUT2D eigenvalue weighted by Crippen LogP contribution is 2.35. The lowest BCUT2D eigenvalue weighted by atomic mass is 9.99. The number of nitrogens with one attached hydrogen (secondary N) is 2. The predicted molar refractivity (Wildman–Crippen MR) is 178 cm³/mol. The predicted octanol–water partition coefficient (Wildman–Crippen LogP) is 8.54. The maximum absolute atomic E-state index is 15.9. The van der Waals surface area contributed by atoms with E-state index in [0.717, 1.165) is 44.2 Å². The number of aryl methyl sites for hydroxylation is 1. The van der Waals surface area contributed by atoms with E-state index >= 15 is 4.39 Å². The van der Waals surface area contributed by atoms with Crippen LogP contribution >= 0.6 is 15.9 Å². The van der Waals surface area contributed by atoms with Crippen molar-refractivity contribution < 1.29 is 55.3 Å². The molecule has 0 fully saturated rings. The second-order valence-electron chi connectivity index (χ2n) is 10.2. The highest BCUT2D eigenvalue weighted by Gasteiger charge is 2.39. The molecule has 3 aromatic carbocycles. The smallest absolute Gasteiger partial charge is 0.490 e. The van der Waals surface area contributed by atoms with E-state index in [9.17, 15) is 26.3 Å². The van der Waals surface area contributed by atoms with Gasteiger partial charge in [0.25, 0.3) is 0 Å². The van der Waals surface area contributed by atoms with Gasteiger partial charge in [-0.1, -0.05) is 47.1 Å². The number of benzene rings is 3. The zero-order valence-electron chi connectivity index (χ0n) is 26.5. The zero-order valence-corrected chi connectivity index (χ0v) is 28.1. The van der Waals surface area contributed by atoms with Crippen LogP contribution in [0.25, 0.3) is 22.0 Å². The summed E-state index contributed by atoms with van der Waals surface area (Å²) >= 11 is 3.60. The van der Waals surface area contributed by atoms with Gasteiger partial charge in [0, 0.05) is 39.1 Å². The number of nitrogens with zero attached hydrogens (tertiary/aromatic N) is 2. The van der Waals surface area contributed by atoms with Gasteiger partial charge in [0.2, 0.25) is 0 Å². The normalized spacial score (nSPS) is 11.8. The molecule has 0 aliphatic heterocycles. The lowest BCUT2D eigenvalue weighted by Gasteiger charge is -2.22. The van der Waals surface area contributed by atoms with E-state index in [0.29, 0.717) is 23.8 Å². The number of nitrogen functional groups attached to an aromatic ring is 1. The lowest BCUT2D eigenvalue weighted by Crippen LogP contribution is -2.21. The molecule has 272 valence electrons. The van der Waals surface area contributed by atoms with Gasteiger partial charge in [-0.05, 0) is 60.7 Å². The van der Waals surface area contributed by atoms with E-state index < -0.39 is 36.2 Å². The number of aliphatic carboxylic acids is 2. The number of carboxylic acid groups (broad SMARTS) is 2. The first-order valence-corrected chi connectivity index (χ1v) is 15.4. The van der Waals surface area contributed by atoms with Crippen LogP contribution in [-0.2, 0) is 16.0 Å². The Hall–Kier alpha value is -5.39. The first kappa shape index (κ1) is 40.0. The minimum atomic E-state index is -5.08. The van der Waals surface area contributed by atoms with E-state index in [1.54, 1.807) is 12.3 Å². The number of H-pyrrole nitrogens is 1. The van der Waals surface area contributed by atoms with E-state index in [-0.39, 0.29) is 5.75 Å². The molecule has 0 spiro atoms. The number of aromatic amines is 1. The SMILES string of the molecule is CCOc1cc(CC)cc(C(Nc2ccc3c(N)nccc3c2)c2nc(-c3ccccc3Br)c[nH]2)c1F.O=C(O)C(F)(F)F.O=C(O)C(F)(F)F. The molecule has 6 N–H and O–H groups in total. The molecule has 1 unspecified atom stereocenters. The number of fused-ring (bicyclic) bond motifs is 1. The van der Waals surface area contributed by atoms with Crippen LogP contribution in [0.15, 0.2) is 77.5 Å². The van der Waals surface area contributed by atoms with Crippen molar-refractivity contribution in [3.05, 3.63) is 100 Å². The minimum Gasteiger partial charge on any atom is -0.491 e. The Balaban J connectivity index is 0.000000424. The summed E-state index contributed by atoms with van der Waals surface area (Å²) in [5.74, 6) is -4.65. The fourth-order valence-electron chi connectivity index (χ4n) is 4.40. The monoisotopic (exact) mass is 787 g/mol. The van der Waals surface area contributed by atoms with Gasteiger partial charge in [-0.3, -0.25) is 0 Å². The first-order chi connectivity index (χ1) is 23.9. The molecule has 18 heteroatoms. The topological polar surface area (TPSA) is 163 Å². The quantitative estimate of drug-likeness (QED) is 0.0970. The number of nitrogens with two attached hydrogens (primary N) is 1. The third kappa shape index (κ3) is 10.8. The Bertz CT molecular complexity index is 1960. The second-order valence-corrected chi connectivity index (χ2v) is 11.1. The van der Waals surface area contributed by atoms with E-state index in [2.05, 4.69) is 31.2 Å². The average molecular weight is 789 g/mol. The van der Waals surface area contributed by atoms with Crippen LogP contribution < -0.4 is 15.8 Å². The van der Waals surface area contributed by atoms with E-state index in [1.165, 1.54) is 0 Å². The first-order valence-electron chi connectivity index (χ1n) is 14.6. The molecule has 0 saturated carbocycles. The van der Waals surface area contributed by atoms with E-state index in [1.807, 2.05) is 74.6 Å². The summed E-state index contributed by atoms with van der Waals surface area (Å²) in [7, 11) is 0. The molecule has 2 heterocycles. The Kier molecular flexibility index (Phi) is 13.4. The summed E-state index contributed by atoms with van der Waals surface area (Å²) in [6, 6.07) is 18.6. The number of rotatable bonds is 8. The summed E-state index contributed by atoms with van der Waals surface area (Å²) in [4.78, 5) is 30.1. The lowest BCUT2D eigenvalue weighted by molar-refractivity contribution is -0.193. The van der Waals surface area contributed by atoms with Crippen LogP contribution in [0.3, 0.4) is 0 Å². The van der Waals surface area contributed by atoms with Gasteiger partial charge in [-0.2, -0.15) is 26.3 Å². The van der Waals surface area contributed by atoms with Crippen molar-refractivity contribution in [3.63, 3.8) is 0 Å². The molecule has 10 nitrogen and oxygen atoms in total. The van der Waals surface area contributed by atoms with Crippen molar-refractivity contribution in [1.29, 1.82) is 0 Å². The maximum Gasteiger partial charge on any atom is 0.490 e. The number of pyridine rings is 1. The summed E-state index contributed by atoms with van der Waals surface area (Å²) < 4.78 is 85.9. The highest BCUT2D eigenvalue weighted by atomic mass is 79.9. The van der Waals surface area contributed by atoms with Crippen LogP contribution in [0, 0.1) is 5.82 Å². The molecule has 5 aromatic rings. The number of hydrogen-bond donors (Lipinski definition) is 5. The number of ether oxygens (including phenoxy) is 1. The van der Waals surface area contributed by atoms with Gasteiger partial charge in [0.15, 0.2) is 11.6 Å². The fourth-order valence-corrected chi connectivity index (χ4v) is 4.88. The number of alkyl halides is 6. The molecule has 0 bridgehead atoms. The molecule has 0 amide bonds. The van der Waals surface area contributed by atoms with Crippen molar-refractivity contribution in [3.8, 4) is 17.0 Å². The number of hydrogen-bond acceptors (Lipinski definition) is 7. The van der Waals surface area contributed by atoms with Crippen LogP contribution in [-0.4, -0.2) is 56.1 Å². The summed E-state index contributed by atoms with van der Waals surface area (Å²) in [5.41, 5.74) is 9.95. The molecule has 0 radical (unpaired) electrons. The molecule has 5 rings (SSSR count). The number of imidazole rings is 1. The molecule has 51 heavy (non-hydrogen) atoms. The van der Waals surface area contributed by atoms with Crippen molar-refractivity contribution in [2.75, 3.05) is 17.7 Å². The summed E-state index contributed by atoms with van der Waals surface area (Å²) in [6.07, 6.45) is -5.92. The zero-order chi connectivity index (χ0) is 38.1. The molecular formula is C33H29BrF7N5O5. The molecule has 1 atom stereocenters. The Labute approximate surface area is 293 Å². The van der Waals surface area contributed by atoms with Crippen molar-refractivity contribution >= 4 is 50.1 Å². The average Bonchev–Trinajstić information content (AvgIpc) is 3.54. The number of halogens is 8. The number of carbonyl (C=O) groups is 2. The Morgan fingerprint density at radius 2 is 1.61 bits per heavy atom. The number of carboxylic acids is 2. The summed E-state index contributed by atoms with van der Waals surface area (Å²) in [6.45, 7) is 4.25. The molecule has 0 saturated heterocycles. The van der Waals surface area contributed by atoms with E-state index in [4.69, 9.17) is 35.3 Å². The van der Waals surface area contributed by atoms with Gasteiger partial charge in [0.1, 0.15) is 17.7 Å². The molecule has 0 aliphatic rings. The molecular weight excluding hydrogens is 759 g/mol. The minimum absolute atomic E-state index is 0.235. The second kappa shape index (κ2) is 17.0. The summed E-state index contributed by atoms with van der Waals surface area (Å²) in [5, 5.41) is 19.5. The van der Waals surface area contributed by atoms with Gasteiger partial charge in [0.05, 0.1) is 12.3 Å². The largest absolute Gasteiger partial charge is 0.491 e. The van der Waals surface area contributed by atoms with Gasteiger partial charge in [-0.15, -0.1) is 0 Å². The van der Waals surface area contributed by atoms with Crippen LogP contribution in [0.4, 0.5) is 42.2 Å². The maximum atomic E-state index is 15.9. The van der Waals surface area contributed by atoms with Crippen LogP contribution in [0.5, 0.6) is 5.75 Å². The third-order valence-electron chi connectivity index (χ3n) is 6.76. The third-order valence-corrected chi connectivity index (χ3v) is 7.45. The Morgan fingerprint density at radius 3 is 2.18 bits per heavy atom.